The Morgan fingerprint density at radius 3 is 2.50 bits per heavy atom. The van der Waals surface area contributed by atoms with Crippen molar-refractivity contribution >= 4 is 11.9 Å². The molecular formula is C14H17NO5. The van der Waals surface area contributed by atoms with Gasteiger partial charge in [-0.15, -0.1) is 0 Å². The number of carbonyl (C=O) groups excluding carboxylic acids is 1. The number of carboxylic acid groups (broad SMARTS) is 1. The second-order valence-corrected chi connectivity index (χ2v) is 4.45. The summed E-state index contributed by atoms with van der Waals surface area (Å²) >= 11 is 0. The van der Waals surface area contributed by atoms with Gasteiger partial charge < -0.3 is 19.5 Å². The maximum atomic E-state index is 11.6. The fourth-order valence-corrected chi connectivity index (χ4v) is 2.27. The largest absolute Gasteiger partial charge is 0.486 e. The van der Waals surface area contributed by atoms with Crippen molar-refractivity contribution in [1.29, 1.82) is 0 Å². The second-order valence-electron chi connectivity index (χ2n) is 4.45. The third kappa shape index (κ3) is 2.68. The van der Waals surface area contributed by atoms with E-state index in [0.29, 0.717) is 36.8 Å². The summed E-state index contributed by atoms with van der Waals surface area (Å²) in [7, 11) is 0. The second kappa shape index (κ2) is 5.81. The normalized spacial score (nSPS) is 14.5. The molecule has 6 nitrogen and oxygen atoms in total. The van der Waals surface area contributed by atoms with Crippen LogP contribution in [-0.4, -0.2) is 41.6 Å². The van der Waals surface area contributed by atoms with Crippen LogP contribution >= 0.6 is 0 Å². The molecule has 1 amide bonds. The van der Waals surface area contributed by atoms with Gasteiger partial charge in [-0.1, -0.05) is 6.07 Å². The van der Waals surface area contributed by atoms with Gasteiger partial charge in [-0.3, -0.25) is 4.79 Å². The summed E-state index contributed by atoms with van der Waals surface area (Å²) in [6.07, 6.45) is 0. The Bertz CT molecular complexity index is 528. The molecule has 1 aromatic carbocycles. The highest BCUT2D eigenvalue weighted by molar-refractivity contribution is 5.83. The Labute approximate surface area is 116 Å². The monoisotopic (exact) mass is 279 g/mol. The smallest absolute Gasteiger partial charge is 0.331 e. The number of likely N-dealkylation sites (N-methyl/N-ethyl adjacent to an activating group) is 1. The third-order valence-corrected chi connectivity index (χ3v) is 3.17. The number of benzene rings is 1. The van der Waals surface area contributed by atoms with Crippen LogP contribution in [0.25, 0.3) is 0 Å². The lowest BCUT2D eigenvalue weighted by Crippen LogP contribution is -2.37. The van der Waals surface area contributed by atoms with Crippen molar-refractivity contribution in [2.75, 3.05) is 19.8 Å². The van der Waals surface area contributed by atoms with E-state index >= 15 is 0 Å². The molecule has 0 radical (unpaired) electrons. The van der Waals surface area contributed by atoms with Gasteiger partial charge in [-0.2, -0.15) is 0 Å². The highest BCUT2D eigenvalue weighted by Crippen LogP contribution is 2.34. The van der Waals surface area contributed by atoms with Gasteiger partial charge in [-0.05, 0) is 24.6 Å². The molecule has 1 aliphatic heterocycles. The molecule has 1 heterocycles. The lowest BCUT2D eigenvalue weighted by Gasteiger charge is -2.28. The molecule has 6 heteroatoms. The average Bonchev–Trinajstić information content (AvgIpc) is 2.43. The van der Waals surface area contributed by atoms with Crippen LogP contribution < -0.4 is 9.47 Å². The van der Waals surface area contributed by atoms with Crippen molar-refractivity contribution in [3.63, 3.8) is 0 Å². The molecule has 1 aliphatic rings. The minimum atomic E-state index is -1.07. The van der Waals surface area contributed by atoms with E-state index in [4.69, 9.17) is 9.47 Å². The Morgan fingerprint density at radius 1 is 1.30 bits per heavy atom. The summed E-state index contributed by atoms with van der Waals surface area (Å²) in [5.74, 6) is -0.247. The van der Waals surface area contributed by atoms with E-state index < -0.39 is 12.0 Å². The minimum Gasteiger partial charge on any atom is -0.486 e. The molecule has 1 aromatic rings. The highest BCUT2D eigenvalue weighted by atomic mass is 16.6. The van der Waals surface area contributed by atoms with Crippen molar-refractivity contribution < 1.29 is 24.2 Å². The summed E-state index contributed by atoms with van der Waals surface area (Å²) in [5.41, 5.74) is 0.499. The van der Waals surface area contributed by atoms with Crippen molar-refractivity contribution in [3.8, 4) is 11.5 Å². The van der Waals surface area contributed by atoms with Crippen LogP contribution in [0.15, 0.2) is 18.2 Å². The molecule has 0 fully saturated rings. The topological polar surface area (TPSA) is 76.1 Å². The van der Waals surface area contributed by atoms with Crippen LogP contribution in [0, 0.1) is 0 Å². The van der Waals surface area contributed by atoms with Crippen molar-refractivity contribution in [3.05, 3.63) is 23.8 Å². The Morgan fingerprint density at radius 2 is 1.95 bits per heavy atom. The van der Waals surface area contributed by atoms with Crippen molar-refractivity contribution in [1.82, 2.24) is 4.90 Å². The fourth-order valence-electron chi connectivity index (χ4n) is 2.27. The summed E-state index contributed by atoms with van der Waals surface area (Å²) in [5, 5.41) is 9.42. The number of nitrogens with zero attached hydrogens (tertiary/aromatic N) is 1. The molecule has 0 saturated carbocycles. The van der Waals surface area contributed by atoms with E-state index in [0.717, 1.165) is 0 Å². The Kier molecular flexibility index (Phi) is 4.12. The summed E-state index contributed by atoms with van der Waals surface area (Å²) in [6, 6.07) is 3.93. The van der Waals surface area contributed by atoms with Crippen LogP contribution in [0.5, 0.6) is 11.5 Å². The third-order valence-electron chi connectivity index (χ3n) is 3.17. The van der Waals surface area contributed by atoms with E-state index in [9.17, 15) is 14.7 Å². The molecule has 20 heavy (non-hydrogen) atoms. The van der Waals surface area contributed by atoms with E-state index in [1.54, 1.807) is 25.1 Å². The summed E-state index contributed by atoms with van der Waals surface area (Å²) in [6.45, 7) is 4.33. The van der Waals surface area contributed by atoms with Crippen molar-refractivity contribution in [2.45, 2.75) is 19.9 Å². The first-order valence-corrected chi connectivity index (χ1v) is 6.44. The maximum absolute atomic E-state index is 11.6. The SMILES string of the molecule is CCN(C(C)=O)C(C(=O)O)c1ccc2c(c1)OCCO2. The fraction of sp³-hybridized carbons (Fsp3) is 0.429. The molecule has 0 bridgehead atoms. The standard InChI is InChI=1S/C14H17NO5/c1-3-15(9(2)16)13(14(17)18)10-4-5-11-12(8-10)20-7-6-19-11/h4-5,8,13H,3,6-7H2,1-2H3,(H,17,18). The first-order chi connectivity index (χ1) is 9.54. The minimum absolute atomic E-state index is 0.283. The van der Waals surface area contributed by atoms with Gasteiger partial charge in [0, 0.05) is 13.5 Å². The number of fused-ring (bicyclic) bond motifs is 1. The molecular weight excluding hydrogens is 262 g/mol. The number of aliphatic carboxylic acids is 1. The Hall–Kier alpha value is -2.24. The van der Waals surface area contributed by atoms with Crippen LogP contribution in [-0.2, 0) is 9.59 Å². The van der Waals surface area contributed by atoms with Crippen molar-refractivity contribution in [2.24, 2.45) is 0 Å². The predicted molar refractivity (Wildman–Crippen MR) is 70.9 cm³/mol. The zero-order valence-electron chi connectivity index (χ0n) is 11.5. The number of hydrogen-bond donors (Lipinski definition) is 1. The first-order valence-electron chi connectivity index (χ1n) is 6.44. The molecule has 0 aromatic heterocycles. The number of hydrogen-bond acceptors (Lipinski definition) is 4. The van der Waals surface area contributed by atoms with Gasteiger partial charge in [0.25, 0.3) is 0 Å². The molecule has 0 spiro atoms. The van der Waals surface area contributed by atoms with Gasteiger partial charge in [0.1, 0.15) is 13.2 Å². The lowest BCUT2D eigenvalue weighted by molar-refractivity contribution is -0.149. The van der Waals surface area contributed by atoms with Crippen LogP contribution in [0.3, 0.4) is 0 Å². The number of carboxylic acids is 1. The summed E-state index contributed by atoms with van der Waals surface area (Å²) < 4.78 is 10.8. The Balaban J connectivity index is 2.39. The quantitative estimate of drug-likeness (QED) is 0.902. The predicted octanol–water partition coefficient (Wildman–Crippen LogP) is 1.45. The lowest BCUT2D eigenvalue weighted by atomic mass is 10.0. The van der Waals surface area contributed by atoms with Crippen LogP contribution in [0.4, 0.5) is 0 Å². The van der Waals surface area contributed by atoms with Crippen LogP contribution in [0.2, 0.25) is 0 Å². The van der Waals surface area contributed by atoms with Gasteiger partial charge in [0.2, 0.25) is 5.91 Å². The van der Waals surface area contributed by atoms with E-state index in [1.165, 1.54) is 11.8 Å². The average molecular weight is 279 g/mol. The zero-order valence-corrected chi connectivity index (χ0v) is 11.5. The van der Waals surface area contributed by atoms with Gasteiger partial charge in [0.05, 0.1) is 0 Å². The molecule has 0 saturated heterocycles. The molecule has 1 atom stereocenters. The van der Waals surface area contributed by atoms with E-state index in [-0.39, 0.29) is 5.91 Å². The van der Waals surface area contributed by atoms with E-state index in [2.05, 4.69) is 0 Å². The van der Waals surface area contributed by atoms with E-state index in [1.807, 2.05) is 0 Å². The van der Waals surface area contributed by atoms with Gasteiger partial charge >= 0.3 is 5.97 Å². The molecule has 1 N–H and O–H groups in total. The molecule has 108 valence electrons. The highest BCUT2D eigenvalue weighted by Gasteiger charge is 2.29. The summed E-state index contributed by atoms with van der Waals surface area (Å²) in [4.78, 5) is 24.4. The number of amides is 1. The number of ether oxygens (including phenoxy) is 2. The molecule has 1 unspecified atom stereocenters. The van der Waals surface area contributed by atoms with Crippen LogP contribution in [0.1, 0.15) is 25.5 Å². The number of carbonyl (C=O) groups is 2. The first kappa shape index (κ1) is 14.2. The van der Waals surface area contributed by atoms with Gasteiger partial charge in [0.15, 0.2) is 17.5 Å². The van der Waals surface area contributed by atoms with Gasteiger partial charge in [-0.25, -0.2) is 4.79 Å². The maximum Gasteiger partial charge on any atom is 0.331 e. The molecule has 0 aliphatic carbocycles. The zero-order chi connectivity index (χ0) is 14.7. The molecule has 2 rings (SSSR count). The number of rotatable bonds is 4.